The topological polar surface area (TPSA) is 64.6 Å². The van der Waals surface area contributed by atoms with E-state index in [1.807, 2.05) is 32.9 Å². The summed E-state index contributed by atoms with van der Waals surface area (Å²) in [5, 5.41) is 3.48. The smallest absolute Gasteiger partial charge is 0.341 e. The number of aryl methyl sites for hydroxylation is 2. The summed E-state index contributed by atoms with van der Waals surface area (Å²) in [6.45, 7) is 8.43. The van der Waals surface area contributed by atoms with Crippen molar-refractivity contribution in [3.05, 3.63) is 45.3 Å². The highest BCUT2D eigenvalue weighted by molar-refractivity contribution is 7.17. The molecule has 1 heterocycles. The molecule has 0 aliphatic heterocycles. The number of nitrogens with one attached hydrogen (secondary N) is 1. The van der Waals surface area contributed by atoms with Gasteiger partial charge in [0.15, 0.2) is 6.61 Å². The number of anilines is 1. The number of thiophene rings is 1. The SMILES string of the molecule is CCCOC(=O)c1c(NC(=O)COc2cc(C)cc(C)c2)sc2c1CC[C@H](C)C2. The number of carbonyl (C=O) groups excluding carboxylic acids is 2. The van der Waals surface area contributed by atoms with Gasteiger partial charge in [-0.2, -0.15) is 0 Å². The number of hydrogen-bond acceptors (Lipinski definition) is 5. The van der Waals surface area contributed by atoms with Crippen molar-refractivity contribution in [2.24, 2.45) is 5.92 Å². The van der Waals surface area contributed by atoms with Crippen LogP contribution < -0.4 is 10.1 Å². The molecule has 1 aliphatic carbocycles. The van der Waals surface area contributed by atoms with E-state index in [-0.39, 0.29) is 18.5 Å². The Labute approximate surface area is 176 Å². The van der Waals surface area contributed by atoms with Crippen molar-refractivity contribution in [1.29, 1.82) is 0 Å². The second-order valence-electron chi connectivity index (χ2n) is 7.85. The summed E-state index contributed by atoms with van der Waals surface area (Å²) < 4.78 is 11.1. The van der Waals surface area contributed by atoms with Crippen LogP contribution in [-0.4, -0.2) is 25.1 Å². The number of carbonyl (C=O) groups is 2. The molecule has 3 rings (SSSR count). The Morgan fingerprint density at radius 1 is 1.21 bits per heavy atom. The van der Waals surface area contributed by atoms with Gasteiger partial charge in [0.2, 0.25) is 0 Å². The number of benzene rings is 1. The number of ether oxygens (including phenoxy) is 2. The zero-order valence-electron chi connectivity index (χ0n) is 17.6. The summed E-state index contributed by atoms with van der Waals surface area (Å²) in [4.78, 5) is 26.4. The Kier molecular flexibility index (Phi) is 6.96. The Morgan fingerprint density at radius 3 is 2.62 bits per heavy atom. The Morgan fingerprint density at radius 2 is 1.93 bits per heavy atom. The average molecular weight is 416 g/mol. The normalized spacial score (nSPS) is 15.5. The van der Waals surface area contributed by atoms with Crippen molar-refractivity contribution in [2.75, 3.05) is 18.5 Å². The van der Waals surface area contributed by atoms with Crippen LogP contribution in [0.2, 0.25) is 0 Å². The summed E-state index contributed by atoms with van der Waals surface area (Å²) in [6.07, 6.45) is 3.59. The monoisotopic (exact) mass is 415 g/mol. The van der Waals surface area contributed by atoms with Gasteiger partial charge in [-0.3, -0.25) is 4.79 Å². The Bertz CT molecular complexity index is 882. The molecule has 0 radical (unpaired) electrons. The lowest BCUT2D eigenvalue weighted by atomic mass is 9.88. The molecule has 6 heteroatoms. The first-order valence-corrected chi connectivity index (χ1v) is 11.0. The molecular formula is C23H29NO4S. The van der Waals surface area contributed by atoms with E-state index >= 15 is 0 Å². The highest BCUT2D eigenvalue weighted by atomic mass is 32.1. The standard InChI is InChI=1S/C23H29NO4S/c1-5-8-27-23(26)21-18-7-6-14(2)12-19(18)29-22(21)24-20(25)13-28-17-10-15(3)9-16(4)11-17/h9-11,14H,5-8,12-13H2,1-4H3,(H,24,25)/t14-/m0/s1. The van der Waals surface area contributed by atoms with Gasteiger partial charge in [-0.1, -0.05) is 19.9 Å². The van der Waals surface area contributed by atoms with Crippen LogP contribution in [-0.2, 0) is 22.4 Å². The average Bonchev–Trinajstić information content (AvgIpc) is 3.00. The fourth-order valence-electron chi connectivity index (χ4n) is 3.65. The summed E-state index contributed by atoms with van der Waals surface area (Å²) in [5.41, 5.74) is 3.74. The minimum Gasteiger partial charge on any atom is -0.484 e. The van der Waals surface area contributed by atoms with Crippen LogP contribution in [0.25, 0.3) is 0 Å². The third kappa shape index (κ3) is 5.38. The number of amides is 1. The minimum absolute atomic E-state index is 0.106. The molecule has 0 saturated heterocycles. The van der Waals surface area contributed by atoms with E-state index in [2.05, 4.69) is 18.3 Å². The first-order valence-electron chi connectivity index (χ1n) is 10.2. The second-order valence-corrected chi connectivity index (χ2v) is 8.96. The van der Waals surface area contributed by atoms with Crippen LogP contribution in [0.4, 0.5) is 5.00 Å². The van der Waals surface area contributed by atoms with E-state index < -0.39 is 0 Å². The molecule has 1 aromatic carbocycles. The van der Waals surface area contributed by atoms with Crippen LogP contribution >= 0.6 is 11.3 Å². The molecule has 1 atom stereocenters. The second kappa shape index (κ2) is 9.44. The number of rotatable bonds is 7. The molecule has 1 amide bonds. The van der Waals surface area contributed by atoms with Crippen molar-refractivity contribution >= 4 is 28.2 Å². The molecule has 0 spiro atoms. The zero-order valence-corrected chi connectivity index (χ0v) is 18.4. The molecule has 0 unspecified atom stereocenters. The Balaban J connectivity index is 1.74. The molecule has 156 valence electrons. The van der Waals surface area contributed by atoms with Crippen molar-refractivity contribution in [2.45, 2.75) is 53.4 Å². The third-order valence-corrected chi connectivity index (χ3v) is 6.14. The first kappa shape index (κ1) is 21.4. The lowest BCUT2D eigenvalue weighted by Gasteiger charge is -2.18. The predicted molar refractivity (Wildman–Crippen MR) is 116 cm³/mol. The van der Waals surface area contributed by atoms with Crippen molar-refractivity contribution in [3.63, 3.8) is 0 Å². The molecule has 1 aromatic heterocycles. The van der Waals surface area contributed by atoms with E-state index in [1.165, 1.54) is 16.2 Å². The zero-order chi connectivity index (χ0) is 21.0. The lowest BCUT2D eigenvalue weighted by Crippen LogP contribution is -2.21. The van der Waals surface area contributed by atoms with Gasteiger partial charge < -0.3 is 14.8 Å². The van der Waals surface area contributed by atoms with E-state index in [0.29, 0.717) is 28.8 Å². The van der Waals surface area contributed by atoms with Crippen molar-refractivity contribution in [1.82, 2.24) is 0 Å². The summed E-state index contributed by atoms with van der Waals surface area (Å²) in [7, 11) is 0. The highest BCUT2D eigenvalue weighted by Gasteiger charge is 2.29. The largest absolute Gasteiger partial charge is 0.484 e. The van der Waals surface area contributed by atoms with Crippen LogP contribution in [0, 0.1) is 19.8 Å². The summed E-state index contributed by atoms with van der Waals surface area (Å²) in [6, 6.07) is 5.86. The van der Waals surface area contributed by atoms with Crippen LogP contribution in [0.5, 0.6) is 5.75 Å². The van der Waals surface area contributed by atoms with Crippen LogP contribution in [0.15, 0.2) is 18.2 Å². The maximum atomic E-state index is 12.7. The predicted octanol–water partition coefficient (Wildman–Crippen LogP) is 5.07. The van der Waals surface area contributed by atoms with Crippen molar-refractivity contribution in [3.8, 4) is 5.75 Å². The van der Waals surface area contributed by atoms with Crippen LogP contribution in [0.3, 0.4) is 0 Å². The van der Waals surface area contributed by atoms with Gasteiger partial charge in [0.1, 0.15) is 10.8 Å². The number of esters is 1. The van der Waals surface area contributed by atoms with Gasteiger partial charge in [-0.25, -0.2) is 4.79 Å². The molecular weight excluding hydrogens is 386 g/mol. The number of hydrogen-bond donors (Lipinski definition) is 1. The summed E-state index contributed by atoms with van der Waals surface area (Å²) >= 11 is 1.49. The summed E-state index contributed by atoms with van der Waals surface area (Å²) in [5.74, 6) is 0.626. The molecule has 5 nitrogen and oxygen atoms in total. The third-order valence-electron chi connectivity index (χ3n) is 4.97. The molecule has 1 aliphatic rings. The van der Waals surface area contributed by atoms with Gasteiger partial charge in [0.05, 0.1) is 12.2 Å². The van der Waals surface area contributed by atoms with E-state index in [4.69, 9.17) is 9.47 Å². The van der Waals surface area contributed by atoms with Gasteiger partial charge in [-0.05, 0) is 74.3 Å². The Hall–Kier alpha value is -2.34. The highest BCUT2D eigenvalue weighted by Crippen LogP contribution is 2.40. The quantitative estimate of drug-likeness (QED) is 0.641. The van der Waals surface area contributed by atoms with Gasteiger partial charge >= 0.3 is 5.97 Å². The fraction of sp³-hybridized carbons (Fsp3) is 0.478. The lowest BCUT2D eigenvalue weighted by molar-refractivity contribution is -0.118. The fourth-order valence-corrected chi connectivity index (χ4v) is 5.06. The van der Waals surface area contributed by atoms with E-state index in [9.17, 15) is 9.59 Å². The number of fused-ring (bicyclic) bond motifs is 1. The molecule has 0 saturated carbocycles. The van der Waals surface area contributed by atoms with Gasteiger partial charge in [-0.15, -0.1) is 11.3 Å². The molecule has 1 N–H and O–H groups in total. The van der Waals surface area contributed by atoms with E-state index in [0.717, 1.165) is 42.4 Å². The van der Waals surface area contributed by atoms with Gasteiger partial charge in [0.25, 0.3) is 5.91 Å². The minimum atomic E-state index is -0.343. The van der Waals surface area contributed by atoms with Gasteiger partial charge in [0, 0.05) is 4.88 Å². The first-order chi connectivity index (χ1) is 13.9. The maximum absolute atomic E-state index is 12.7. The maximum Gasteiger partial charge on any atom is 0.341 e. The van der Waals surface area contributed by atoms with E-state index in [1.54, 1.807) is 0 Å². The molecule has 0 fully saturated rings. The molecule has 2 aromatic rings. The van der Waals surface area contributed by atoms with Crippen LogP contribution in [0.1, 0.15) is 58.6 Å². The van der Waals surface area contributed by atoms with Crippen molar-refractivity contribution < 1.29 is 19.1 Å². The molecule has 0 bridgehead atoms. The molecule has 29 heavy (non-hydrogen) atoms.